The zero-order valence-corrected chi connectivity index (χ0v) is 21.8. The molecule has 1 aliphatic heterocycles. The summed E-state index contributed by atoms with van der Waals surface area (Å²) >= 11 is 0. The SMILES string of the molecule is Cc1ccc(NC(=O)[C@@H](NC(=O)[C@H]2Cc3ccccc3CN2C(=O)OC(C)(C)C)C(C)C)c(C)c1. The summed E-state index contributed by atoms with van der Waals surface area (Å²) in [6.07, 6.45) is -0.196. The molecule has 0 saturated carbocycles. The highest BCUT2D eigenvalue weighted by molar-refractivity contribution is 5.99. The van der Waals surface area contributed by atoms with Crippen molar-refractivity contribution < 1.29 is 19.1 Å². The largest absolute Gasteiger partial charge is 0.444 e. The number of amides is 3. The molecule has 0 aromatic heterocycles. The molecule has 3 amide bonds. The van der Waals surface area contributed by atoms with E-state index in [1.807, 2.05) is 70.2 Å². The number of benzene rings is 2. The summed E-state index contributed by atoms with van der Waals surface area (Å²) in [6, 6.07) is 12.0. The molecule has 2 atom stereocenters. The number of nitrogens with zero attached hydrogens (tertiary/aromatic N) is 1. The minimum absolute atomic E-state index is 0.157. The molecule has 7 heteroatoms. The summed E-state index contributed by atoms with van der Waals surface area (Å²) < 4.78 is 5.60. The van der Waals surface area contributed by atoms with Crippen molar-refractivity contribution in [2.45, 2.75) is 79.1 Å². The van der Waals surface area contributed by atoms with E-state index in [0.717, 1.165) is 22.3 Å². The highest BCUT2D eigenvalue weighted by Crippen LogP contribution is 2.26. The first-order chi connectivity index (χ1) is 16.4. The Balaban J connectivity index is 1.82. The van der Waals surface area contributed by atoms with Gasteiger partial charge < -0.3 is 15.4 Å². The lowest BCUT2D eigenvalue weighted by molar-refractivity contribution is -0.131. The normalized spacial score (nSPS) is 16.3. The van der Waals surface area contributed by atoms with Gasteiger partial charge in [0, 0.05) is 12.1 Å². The van der Waals surface area contributed by atoms with Crippen LogP contribution in [-0.2, 0) is 27.3 Å². The van der Waals surface area contributed by atoms with Gasteiger partial charge in [-0.2, -0.15) is 0 Å². The summed E-state index contributed by atoms with van der Waals surface area (Å²) in [6.45, 7) is 13.4. The number of nitrogens with one attached hydrogen (secondary N) is 2. The molecule has 0 radical (unpaired) electrons. The maximum absolute atomic E-state index is 13.5. The van der Waals surface area contributed by atoms with Crippen molar-refractivity contribution in [2.75, 3.05) is 5.32 Å². The first-order valence-corrected chi connectivity index (χ1v) is 12.1. The van der Waals surface area contributed by atoms with Crippen molar-refractivity contribution in [3.63, 3.8) is 0 Å². The van der Waals surface area contributed by atoms with E-state index in [2.05, 4.69) is 10.6 Å². The van der Waals surface area contributed by atoms with Crippen molar-refractivity contribution in [2.24, 2.45) is 5.92 Å². The molecule has 7 nitrogen and oxygen atoms in total. The van der Waals surface area contributed by atoms with Crippen LogP contribution in [0.2, 0.25) is 0 Å². The lowest BCUT2D eigenvalue weighted by Crippen LogP contribution is -2.57. The number of aryl methyl sites for hydroxylation is 2. The number of carbonyl (C=O) groups is 3. The van der Waals surface area contributed by atoms with Crippen LogP contribution in [-0.4, -0.2) is 40.5 Å². The number of rotatable bonds is 5. The molecule has 2 aromatic carbocycles. The zero-order chi connectivity index (χ0) is 25.9. The fourth-order valence-electron chi connectivity index (χ4n) is 4.22. The Morgan fingerprint density at radius 3 is 2.29 bits per heavy atom. The second-order valence-electron chi connectivity index (χ2n) is 10.6. The molecule has 1 heterocycles. The molecule has 1 aliphatic rings. The highest BCUT2D eigenvalue weighted by Gasteiger charge is 2.38. The number of ether oxygens (including phenoxy) is 1. The van der Waals surface area contributed by atoms with Crippen molar-refractivity contribution in [1.82, 2.24) is 10.2 Å². The Hall–Kier alpha value is -3.35. The van der Waals surface area contributed by atoms with E-state index in [9.17, 15) is 14.4 Å². The molecular formula is C28H37N3O4. The van der Waals surface area contributed by atoms with Crippen LogP contribution in [0.4, 0.5) is 10.5 Å². The van der Waals surface area contributed by atoms with E-state index in [4.69, 9.17) is 4.74 Å². The van der Waals surface area contributed by atoms with Gasteiger partial charge in [0.15, 0.2) is 0 Å². The number of anilines is 1. The fourth-order valence-corrected chi connectivity index (χ4v) is 4.22. The first kappa shape index (κ1) is 26.3. The lowest BCUT2D eigenvalue weighted by atomic mass is 9.93. The summed E-state index contributed by atoms with van der Waals surface area (Å²) in [5, 5.41) is 5.86. The third-order valence-electron chi connectivity index (χ3n) is 6.07. The Labute approximate surface area is 208 Å². The molecule has 188 valence electrons. The van der Waals surface area contributed by atoms with Crippen molar-refractivity contribution in [3.8, 4) is 0 Å². The summed E-state index contributed by atoms with van der Waals surface area (Å²) in [4.78, 5) is 41.2. The van der Waals surface area contributed by atoms with Crippen molar-refractivity contribution >= 4 is 23.6 Å². The van der Waals surface area contributed by atoms with Gasteiger partial charge in [-0.1, -0.05) is 55.8 Å². The number of fused-ring (bicyclic) bond motifs is 1. The Morgan fingerprint density at radius 2 is 1.69 bits per heavy atom. The van der Waals surface area contributed by atoms with Gasteiger partial charge in [0.2, 0.25) is 11.8 Å². The maximum atomic E-state index is 13.5. The third-order valence-corrected chi connectivity index (χ3v) is 6.07. The molecule has 0 aliphatic carbocycles. The minimum Gasteiger partial charge on any atom is -0.444 e. The number of hydrogen-bond donors (Lipinski definition) is 2. The average molecular weight is 480 g/mol. The third kappa shape index (κ3) is 6.62. The van der Waals surface area contributed by atoms with Gasteiger partial charge in [-0.3, -0.25) is 14.5 Å². The quantitative estimate of drug-likeness (QED) is 0.648. The molecule has 3 rings (SSSR count). The van der Waals surface area contributed by atoms with E-state index < -0.39 is 23.8 Å². The summed E-state index contributed by atoms with van der Waals surface area (Å²) in [5.74, 6) is -0.823. The summed E-state index contributed by atoms with van der Waals surface area (Å²) in [7, 11) is 0. The van der Waals surface area contributed by atoms with Gasteiger partial charge in [0.1, 0.15) is 17.7 Å². The van der Waals surface area contributed by atoms with Crippen molar-refractivity contribution in [1.29, 1.82) is 0 Å². The van der Waals surface area contributed by atoms with Crippen molar-refractivity contribution in [3.05, 3.63) is 64.7 Å². The molecule has 0 saturated heterocycles. The van der Waals surface area contributed by atoms with Crippen LogP contribution in [0, 0.1) is 19.8 Å². The fraction of sp³-hybridized carbons (Fsp3) is 0.464. The predicted molar refractivity (Wildman–Crippen MR) is 137 cm³/mol. The van der Waals surface area contributed by atoms with E-state index in [1.165, 1.54) is 4.90 Å². The number of carbonyl (C=O) groups excluding carboxylic acids is 3. The molecule has 0 fully saturated rings. The van der Waals surface area contributed by atoms with Gasteiger partial charge in [-0.25, -0.2) is 4.79 Å². The average Bonchev–Trinajstić information content (AvgIpc) is 2.76. The molecular weight excluding hydrogens is 442 g/mol. The first-order valence-electron chi connectivity index (χ1n) is 12.1. The van der Waals surface area contributed by atoms with E-state index in [0.29, 0.717) is 12.1 Å². The van der Waals surface area contributed by atoms with Gasteiger partial charge in [0.25, 0.3) is 0 Å². The van der Waals surface area contributed by atoms with Crippen LogP contribution in [0.15, 0.2) is 42.5 Å². The number of hydrogen-bond acceptors (Lipinski definition) is 4. The predicted octanol–water partition coefficient (Wildman–Crippen LogP) is 4.74. The van der Waals surface area contributed by atoms with Gasteiger partial charge in [-0.15, -0.1) is 0 Å². The smallest absolute Gasteiger partial charge is 0.411 e. The minimum atomic E-state index is -0.782. The van der Waals surface area contributed by atoms with E-state index in [1.54, 1.807) is 20.8 Å². The second-order valence-corrected chi connectivity index (χ2v) is 10.6. The van der Waals surface area contributed by atoms with Crippen LogP contribution in [0.25, 0.3) is 0 Å². The maximum Gasteiger partial charge on any atom is 0.411 e. The Bertz CT molecular complexity index is 1100. The van der Waals surface area contributed by atoms with Crippen LogP contribution in [0.3, 0.4) is 0 Å². The molecule has 2 aromatic rings. The highest BCUT2D eigenvalue weighted by atomic mass is 16.6. The zero-order valence-electron chi connectivity index (χ0n) is 21.8. The lowest BCUT2D eigenvalue weighted by Gasteiger charge is -2.37. The van der Waals surface area contributed by atoms with E-state index in [-0.39, 0.29) is 24.3 Å². The molecule has 35 heavy (non-hydrogen) atoms. The van der Waals surface area contributed by atoms with Gasteiger partial charge >= 0.3 is 6.09 Å². The topological polar surface area (TPSA) is 87.7 Å². The van der Waals surface area contributed by atoms with Crippen LogP contribution < -0.4 is 10.6 Å². The van der Waals surface area contributed by atoms with Crippen LogP contribution in [0.5, 0.6) is 0 Å². The molecule has 0 spiro atoms. The second kappa shape index (κ2) is 10.5. The van der Waals surface area contributed by atoms with Crippen LogP contribution >= 0.6 is 0 Å². The Morgan fingerprint density at radius 1 is 1.03 bits per heavy atom. The monoisotopic (exact) mass is 479 g/mol. The van der Waals surface area contributed by atoms with Gasteiger partial charge in [0.05, 0.1) is 6.54 Å². The molecule has 2 N–H and O–H groups in total. The standard InChI is InChI=1S/C28H37N3O4/c1-17(2)24(26(33)29-22-13-12-18(3)14-19(22)4)30-25(32)23-15-20-10-8-9-11-21(20)16-31(23)27(34)35-28(5,6)7/h8-14,17,23-24H,15-16H2,1-7H3,(H,29,33)(H,30,32)/t23-,24+/m1/s1. The molecule has 0 unspecified atom stereocenters. The molecule has 0 bridgehead atoms. The summed E-state index contributed by atoms with van der Waals surface area (Å²) in [5.41, 5.74) is 4.06. The van der Waals surface area contributed by atoms with Gasteiger partial charge in [-0.05, 0) is 63.3 Å². The van der Waals surface area contributed by atoms with E-state index >= 15 is 0 Å². The Kier molecular flexibility index (Phi) is 7.88. The van der Waals surface area contributed by atoms with Crippen LogP contribution in [0.1, 0.15) is 56.9 Å².